The number of thiazole rings is 1. The zero-order valence-corrected chi connectivity index (χ0v) is 46.6. The molecule has 0 saturated carbocycles. The van der Waals surface area contributed by atoms with E-state index < -0.39 is 47.2 Å². The number of ether oxygens (including phenoxy) is 2. The standard InChI is InChI=1S/C49H62N8O7S.5H2S/c1-7-42(58)54-23-19-32(27-54)46(60)56-21-11-9-10-16-40(56)45(59)52-37-25-41-51-38(28-65-41)31-17-18-39-34(24-31)35(44(55(39)8-2)33-14-12-20-50-43(33)30(3)63-6)26-49(4,5)29-64-48(62)36-15-13-22-57(53-36)47(37)61;;;;;/h7,12,14,17-18,20,24,28,30,32,36-37,40,53H,1,8-11,13,15-16,19,21-23,25-27,29H2,2-6H3,(H,52,59);5*1H2/t30-,32-,36-,37-,40-;;;;;/m0...../s1. The van der Waals surface area contributed by atoms with Crippen LogP contribution in [0.1, 0.15) is 95.0 Å². The minimum absolute atomic E-state index is 0. The molecule has 4 amide bonds. The van der Waals surface area contributed by atoms with Crippen LogP contribution in [0.3, 0.4) is 0 Å². The van der Waals surface area contributed by atoms with Crippen molar-refractivity contribution in [1.82, 2.24) is 40.1 Å². The topological polar surface area (TPSA) is 168 Å². The Bertz CT molecular complexity index is 2480. The van der Waals surface area contributed by atoms with E-state index in [0.29, 0.717) is 63.3 Å². The van der Waals surface area contributed by atoms with Gasteiger partial charge in [-0.05, 0) is 88.3 Å². The predicted octanol–water partition coefficient (Wildman–Crippen LogP) is 6.57. The molecule has 4 aromatic rings. The second-order valence-corrected chi connectivity index (χ2v) is 19.6. The first-order valence-electron chi connectivity index (χ1n) is 23.1. The fourth-order valence-corrected chi connectivity index (χ4v) is 10.9. The molecule has 0 unspecified atom stereocenters. The number of rotatable bonds is 8. The quantitative estimate of drug-likeness (QED) is 0.146. The summed E-state index contributed by atoms with van der Waals surface area (Å²) in [6, 6.07) is 7.83. The fourth-order valence-electron chi connectivity index (χ4n) is 10.0. The van der Waals surface area contributed by atoms with Crippen LogP contribution in [0.15, 0.2) is 54.6 Å². The van der Waals surface area contributed by atoms with Crippen molar-refractivity contribution in [3.8, 4) is 22.5 Å². The van der Waals surface area contributed by atoms with Gasteiger partial charge in [-0.3, -0.25) is 34.0 Å². The summed E-state index contributed by atoms with van der Waals surface area (Å²) in [6.45, 7) is 14.2. The molecule has 1 aromatic carbocycles. The molecule has 4 aliphatic heterocycles. The number of aryl methyl sites for hydroxylation is 1. The summed E-state index contributed by atoms with van der Waals surface area (Å²) in [5.74, 6) is -2.04. The van der Waals surface area contributed by atoms with Gasteiger partial charge in [-0.2, -0.15) is 67.5 Å². The number of hydrogen-bond acceptors (Lipinski definition) is 11. The SMILES string of the molecule is C=CC(=O)N1CC[C@H](C(=O)N2CCCCC[C@H]2C(=O)N[C@H]2Cc3nc(cs3)-c3ccc4c(c3)c(c(-c3cccnc3[C@H](C)OC)n4CC)CC(C)(C)COC(=O)[C@@H]3CCCN(N3)C2=O)C1.S.S.S.S.S. The highest BCUT2D eigenvalue weighted by Crippen LogP contribution is 2.42. The monoisotopic (exact) mass is 1080 g/mol. The highest BCUT2D eigenvalue weighted by atomic mass is 32.1. The van der Waals surface area contributed by atoms with Crippen molar-refractivity contribution < 1.29 is 33.4 Å². The molecular formula is C49H72N8O7S6. The Morgan fingerprint density at radius 1 is 1.03 bits per heavy atom. The van der Waals surface area contributed by atoms with Crippen molar-refractivity contribution in [3.05, 3.63) is 70.8 Å². The smallest absolute Gasteiger partial charge is 0.324 e. The largest absolute Gasteiger partial charge is 0.464 e. The maximum absolute atomic E-state index is 14.7. The summed E-state index contributed by atoms with van der Waals surface area (Å²) >= 11 is 1.42. The van der Waals surface area contributed by atoms with E-state index in [1.54, 1.807) is 23.1 Å². The number of hydrogen-bond donors (Lipinski definition) is 2. The molecule has 0 spiro atoms. The van der Waals surface area contributed by atoms with E-state index >= 15 is 0 Å². The van der Waals surface area contributed by atoms with Gasteiger partial charge in [0.25, 0.3) is 5.91 Å². The zero-order chi connectivity index (χ0) is 46.0. The molecule has 7 heterocycles. The maximum atomic E-state index is 14.7. The number of amides is 4. The number of pyridine rings is 1. The molecule has 6 bridgehead atoms. The minimum Gasteiger partial charge on any atom is -0.464 e. The molecule has 15 nitrogen and oxygen atoms in total. The number of methoxy groups -OCH3 is 1. The van der Waals surface area contributed by atoms with Crippen LogP contribution in [0.5, 0.6) is 0 Å². The lowest BCUT2D eigenvalue weighted by Crippen LogP contribution is -2.62. The molecular weight excluding hydrogens is 1000 g/mol. The first-order valence-corrected chi connectivity index (χ1v) is 24.0. The molecule has 386 valence electrons. The Balaban J connectivity index is 0.00000259. The van der Waals surface area contributed by atoms with Gasteiger partial charge in [-0.15, -0.1) is 11.3 Å². The number of cyclic esters (lactones) is 1. The Morgan fingerprint density at radius 2 is 1.80 bits per heavy atom. The van der Waals surface area contributed by atoms with E-state index in [2.05, 4.69) is 66.9 Å². The zero-order valence-electron chi connectivity index (χ0n) is 40.8. The Kier molecular flexibility index (Phi) is 22.8. The van der Waals surface area contributed by atoms with Gasteiger partial charge >= 0.3 is 5.97 Å². The van der Waals surface area contributed by atoms with Crippen LogP contribution in [-0.4, -0.2) is 117 Å². The van der Waals surface area contributed by atoms with Gasteiger partial charge in [0.2, 0.25) is 17.7 Å². The molecule has 5 atom stereocenters. The number of fused-ring (bicyclic) bond motifs is 6. The fraction of sp³-hybridized carbons (Fsp3) is 0.531. The molecule has 3 aromatic heterocycles. The van der Waals surface area contributed by atoms with E-state index in [-0.39, 0.29) is 105 Å². The van der Waals surface area contributed by atoms with Gasteiger partial charge in [0, 0.05) is 85.3 Å². The summed E-state index contributed by atoms with van der Waals surface area (Å²) in [5, 5.41) is 8.22. The third kappa shape index (κ3) is 12.9. The summed E-state index contributed by atoms with van der Waals surface area (Å²) < 4.78 is 14.3. The molecule has 3 saturated heterocycles. The summed E-state index contributed by atoms with van der Waals surface area (Å²) in [4.78, 5) is 82.8. The van der Waals surface area contributed by atoms with Crippen molar-refractivity contribution in [2.45, 2.75) is 116 Å². The van der Waals surface area contributed by atoms with Gasteiger partial charge in [0.1, 0.15) is 18.1 Å². The number of carbonyl (C=O) groups is 5. The van der Waals surface area contributed by atoms with Crippen LogP contribution in [0, 0.1) is 11.3 Å². The molecule has 0 aliphatic carbocycles. The molecule has 8 rings (SSSR count). The molecule has 21 heteroatoms. The second kappa shape index (κ2) is 26.3. The van der Waals surface area contributed by atoms with Gasteiger partial charge in [0.15, 0.2) is 0 Å². The van der Waals surface area contributed by atoms with E-state index in [1.165, 1.54) is 22.4 Å². The minimum atomic E-state index is -1.05. The van der Waals surface area contributed by atoms with Crippen LogP contribution in [0.25, 0.3) is 33.4 Å². The van der Waals surface area contributed by atoms with Crippen LogP contribution in [0.2, 0.25) is 0 Å². The van der Waals surface area contributed by atoms with Crippen LogP contribution < -0.4 is 10.7 Å². The normalized spacial score (nSPS) is 21.7. The van der Waals surface area contributed by atoms with Crippen molar-refractivity contribution in [2.75, 3.05) is 39.9 Å². The van der Waals surface area contributed by atoms with Crippen LogP contribution in [0.4, 0.5) is 0 Å². The summed E-state index contributed by atoms with van der Waals surface area (Å²) in [6.07, 6.45) is 7.85. The van der Waals surface area contributed by atoms with Gasteiger partial charge in [-0.1, -0.05) is 39.3 Å². The van der Waals surface area contributed by atoms with Crippen molar-refractivity contribution in [1.29, 1.82) is 0 Å². The number of aromatic nitrogens is 3. The van der Waals surface area contributed by atoms with Crippen molar-refractivity contribution in [2.24, 2.45) is 11.3 Å². The summed E-state index contributed by atoms with van der Waals surface area (Å²) in [5.41, 5.74) is 9.33. The highest BCUT2D eigenvalue weighted by Gasteiger charge is 2.41. The second-order valence-electron chi connectivity index (χ2n) is 18.6. The lowest BCUT2D eigenvalue weighted by atomic mass is 9.84. The van der Waals surface area contributed by atoms with Crippen molar-refractivity contribution in [3.63, 3.8) is 0 Å². The third-order valence-electron chi connectivity index (χ3n) is 13.5. The van der Waals surface area contributed by atoms with Crippen molar-refractivity contribution >= 4 is 119 Å². The van der Waals surface area contributed by atoms with E-state index in [9.17, 15) is 24.0 Å². The number of nitrogens with one attached hydrogen (secondary N) is 2. The highest BCUT2D eigenvalue weighted by molar-refractivity contribution is 7.60. The lowest BCUT2D eigenvalue weighted by molar-refractivity contribution is -0.155. The average molecular weight is 1080 g/mol. The number of benzene rings is 1. The van der Waals surface area contributed by atoms with E-state index in [4.69, 9.17) is 19.4 Å². The molecule has 0 radical (unpaired) electrons. The first-order chi connectivity index (χ1) is 31.3. The number of carbonyl (C=O) groups excluding carboxylic acids is 5. The Hall–Kier alpha value is -3.70. The Morgan fingerprint density at radius 3 is 2.53 bits per heavy atom. The van der Waals surface area contributed by atoms with Crippen LogP contribution >= 0.6 is 78.8 Å². The van der Waals surface area contributed by atoms with Gasteiger partial charge < -0.3 is 29.2 Å². The number of likely N-dealkylation sites (tertiary alicyclic amines) is 2. The van der Waals surface area contributed by atoms with Gasteiger partial charge in [0.05, 0.1) is 40.7 Å². The number of hydrazine groups is 1. The molecule has 70 heavy (non-hydrogen) atoms. The molecule has 2 N–H and O–H groups in total. The third-order valence-corrected chi connectivity index (χ3v) is 14.4. The predicted molar refractivity (Wildman–Crippen MR) is 300 cm³/mol. The molecule has 4 aliphatic rings. The Labute approximate surface area is 450 Å². The number of esters is 1. The maximum Gasteiger partial charge on any atom is 0.324 e. The van der Waals surface area contributed by atoms with Gasteiger partial charge in [-0.25, -0.2) is 10.4 Å². The molecule has 3 fully saturated rings. The van der Waals surface area contributed by atoms with E-state index in [1.807, 2.05) is 18.4 Å². The first kappa shape index (κ1) is 60.6. The average Bonchev–Trinajstić information content (AvgIpc) is 4.02. The number of nitrogens with zero attached hydrogens (tertiary/aromatic N) is 6. The summed E-state index contributed by atoms with van der Waals surface area (Å²) in [7, 11) is 1.69. The lowest BCUT2D eigenvalue weighted by Gasteiger charge is -2.36. The van der Waals surface area contributed by atoms with E-state index in [0.717, 1.165) is 63.9 Å². The van der Waals surface area contributed by atoms with Crippen LogP contribution in [-0.2, 0) is 52.8 Å².